The molecule has 6 heteroatoms. The molecule has 1 aromatic heterocycles. The molecule has 1 aliphatic rings. The largest absolute Gasteiger partial charge is 0.348 e. The molecule has 1 aromatic carbocycles. The van der Waals surface area contributed by atoms with E-state index in [0.29, 0.717) is 13.1 Å². The van der Waals surface area contributed by atoms with Crippen LogP contribution in [-0.2, 0) is 4.79 Å². The van der Waals surface area contributed by atoms with E-state index in [0.717, 1.165) is 41.8 Å². The van der Waals surface area contributed by atoms with Crippen LogP contribution >= 0.6 is 11.3 Å². The van der Waals surface area contributed by atoms with Crippen LogP contribution in [0.4, 0.5) is 0 Å². The minimum absolute atomic E-state index is 0.129. The molecular formula is C18H23N3O2S. The number of nitrogens with zero attached hydrogens (tertiary/aromatic N) is 3. The van der Waals surface area contributed by atoms with E-state index >= 15 is 0 Å². The highest BCUT2D eigenvalue weighted by Crippen LogP contribution is 2.26. The predicted octanol–water partition coefficient (Wildman–Crippen LogP) is 1.79. The average molecular weight is 345 g/mol. The third-order valence-corrected chi connectivity index (χ3v) is 5.43. The summed E-state index contributed by atoms with van der Waals surface area (Å²) < 4.78 is 1.16. The Bertz CT molecular complexity index is 733. The number of hydrogen-bond acceptors (Lipinski definition) is 5. The van der Waals surface area contributed by atoms with Crippen LogP contribution < -0.4 is 0 Å². The number of carbonyl (C=O) groups excluding carboxylic acids is 2. The molecule has 0 N–H and O–H groups in total. The number of benzene rings is 1. The van der Waals surface area contributed by atoms with Crippen molar-refractivity contribution in [2.24, 2.45) is 0 Å². The van der Waals surface area contributed by atoms with Gasteiger partial charge in [-0.15, -0.1) is 11.3 Å². The normalized spacial score (nSPS) is 16.4. The van der Waals surface area contributed by atoms with Crippen molar-refractivity contribution >= 4 is 33.1 Å². The maximum absolute atomic E-state index is 12.6. The van der Waals surface area contributed by atoms with Gasteiger partial charge in [0.2, 0.25) is 5.91 Å². The van der Waals surface area contributed by atoms with Crippen molar-refractivity contribution < 1.29 is 9.59 Å². The van der Waals surface area contributed by atoms with E-state index in [9.17, 15) is 9.59 Å². The summed E-state index contributed by atoms with van der Waals surface area (Å²) in [5, 5.41) is 3.03. The zero-order chi connectivity index (χ0) is 17.1. The van der Waals surface area contributed by atoms with E-state index in [-0.39, 0.29) is 11.7 Å². The van der Waals surface area contributed by atoms with E-state index in [1.165, 1.54) is 0 Å². The molecule has 24 heavy (non-hydrogen) atoms. The van der Waals surface area contributed by atoms with Crippen LogP contribution in [0.3, 0.4) is 0 Å². The van der Waals surface area contributed by atoms with Crippen LogP contribution in [0.15, 0.2) is 29.6 Å². The number of Topliss-reactive ketones (excluding diaryl/α,β-unsaturated/α-hetero) is 1. The molecule has 1 amide bonds. The van der Waals surface area contributed by atoms with Crippen LogP contribution in [0.1, 0.15) is 10.4 Å². The first kappa shape index (κ1) is 17.1. The van der Waals surface area contributed by atoms with Crippen molar-refractivity contribution in [3.63, 3.8) is 0 Å². The Labute approximate surface area is 146 Å². The second kappa shape index (κ2) is 7.42. The van der Waals surface area contributed by atoms with Crippen LogP contribution in [0.5, 0.6) is 0 Å². The standard InChI is InChI=1S/C18H23N3O2S/c1-19(2)18(23)12-21-9-7-20(8-10-21)11-16(22)15-13-24-17-6-4-3-5-14(15)17/h3-6,13H,7-12H2,1-2H3. The topological polar surface area (TPSA) is 43.9 Å². The van der Waals surface area contributed by atoms with Crippen molar-refractivity contribution in [2.45, 2.75) is 0 Å². The lowest BCUT2D eigenvalue weighted by atomic mass is 10.1. The van der Waals surface area contributed by atoms with Crippen molar-refractivity contribution in [1.29, 1.82) is 0 Å². The molecule has 0 bridgehead atoms. The second-order valence-corrected chi connectivity index (χ2v) is 7.32. The summed E-state index contributed by atoms with van der Waals surface area (Å²) >= 11 is 1.62. The Hall–Kier alpha value is -1.76. The fourth-order valence-electron chi connectivity index (χ4n) is 2.92. The van der Waals surface area contributed by atoms with E-state index in [1.54, 1.807) is 30.3 Å². The molecule has 2 heterocycles. The molecule has 0 spiro atoms. The number of amides is 1. The van der Waals surface area contributed by atoms with Gasteiger partial charge in [0.25, 0.3) is 0 Å². The fraction of sp³-hybridized carbons (Fsp3) is 0.444. The number of thiophene rings is 1. The average Bonchev–Trinajstić information content (AvgIpc) is 3.00. The molecule has 2 aromatic rings. The van der Waals surface area contributed by atoms with Crippen molar-refractivity contribution in [3.8, 4) is 0 Å². The molecule has 1 fully saturated rings. The zero-order valence-electron chi connectivity index (χ0n) is 14.2. The Morgan fingerprint density at radius 3 is 2.33 bits per heavy atom. The van der Waals surface area contributed by atoms with Gasteiger partial charge in [-0.1, -0.05) is 18.2 Å². The Morgan fingerprint density at radius 2 is 1.67 bits per heavy atom. The van der Waals surface area contributed by atoms with Crippen molar-refractivity contribution in [3.05, 3.63) is 35.2 Å². The summed E-state index contributed by atoms with van der Waals surface area (Å²) in [6.07, 6.45) is 0. The fourth-order valence-corrected chi connectivity index (χ4v) is 3.89. The maximum atomic E-state index is 12.6. The minimum atomic E-state index is 0.129. The molecular weight excluding hydrogens is 322 g/mol. The maximum Gasteiger partial charge on any atom is 0.236 e. The van der Waals surface area contributed by atoms with Gasteiger partial charge < -0.3 is 4.90 Å². The zero-order valence-corrected chi connectivity index (χ0v) is 15.0. The number of hydrogen-bond donors (Lipinski definition) is 0. The number of likely N-dealkylation sites (N-methyl/N-ethyl adjacent to an activating group) is 1. The SMILES string of the molecule is CN(C)C(=O)CN1CCN(CC(=O)c2csc3ccccc23)CC1. The first-order valence-corrected chi connectivity index (χ1v) is 9.07. The first-order chi connectivity index (χ1) is 11.5. The van der Waals surface area contributed by atoms with Crippen LogP contribution in [0.25, 0.3) is 10.1 Å². The highest BCUT2D eigenvalue weighted by Gasteiger charge is 2.22. The minimum Gasteiger partial charge on any atom is -0.348 e. The van der Waals surface area contributed by atoms with Crippen molar-refractivity contribution in [1.82, 2.24) is 14.7 Å². The van der Waals surface area contributed by atoms with Gasteiger partial charge in [0.05, 0.1) is 13.1 Å². The molecule has 1 saturated heterocycles. The Balaban J connectivity index is 1.54. The summed E-state index contributed by atoms with van der Waals surface area (Å²) in [4.78, 5) is 30.4. The summed E-state index contributed by atoms with van der Waals surface area (Å²) in [6.45, 7) is 4.23. The summed E-state index contributed by atoms with van der Waals surface area (Å²) in [7, 11) is 3.56. The summed E-state index contributed by atoms with van der Waals surface area (Å²) in [6, 6.07) is 8.05. The third kappa shape index (κ3) is 3.83. The first-order valence-electron chi connectivity index (χ1n) is 8.19. The molecule has 5 nitrogen and oxygen atoms in total. The van der Waals surface area contributed by atoms with Gasteiger partial charge in [0.1, 0.15) is 0 Å². The van der Waals surface area contributed by atoms with Crippen LogP contribution in [-0.4, -0.2) is 79.8 Å². The van der Waals surface area contributed by atoms with Crippen LogP contribution in [0.2, 0.25) is 0 Å². The van der Waals surface area contributed by atoms with Gasteiger partial charge in [-0.2, -0.15) is 0 Å². The van der Waals surface area contributed by atoms with E-state index in [2.05, 4.69) is 15.9 Å². The van der Waals surface area contributed by atoms with Crippen LogP contribution in [0, 0.1) is 0 Å². The molecule has 1 aliphatic heterocycles. The molecule has 0 saturated carbocycles. The lowest BCUT2D eigenvalue weighted by Crippen LogP contribution is -2.50. The highest BCUT2D eigenvalue weighted by molar-refractivity contribution is 7.17. The van der Waals surface area contributed by atoms with E-state index in [4.69, 9.17) is 0 Å². The van der Waals surface area contributed by atoms with Gasteiger partial charge in [-0.3, -0.25) is 19.4 Å². The Kier molecular flexibility index (Phi) is 5.28. The summed E-state index contributed by atoms with van der Waals surface area (Å²) in [5.74, 6) is 0.314. The number of ketones is 1. The molecule has 0 atom stereocenters. The molecule has 0 unspecified atom stereocenters. The number of carbonyl (C=O) groups is 2. The Morgan fingerprint density at radius 1 is 1.04 bits per heavy atom. The van der Waals surface area contributed by atoms with Gasteiger partial charge in [0.15, 0.2) is 5.78 Å². The molecule has 0 radical (unpaired) electrons. The number of piperazine rings is 1. The number of rotatable bonds is 5. The monoisotopic (exact) mass is 345 g/mol. The molecule has 3 rings (SSSR count). The summed E-state index contributed by atoms with van der Waals surface area (Å²) in [5.41, 5.74) is 0.834. The van der Waals surface area contributed by atoms with Gasteiger partial charge in [0, 0.05) is 61.3 Å². The third-order valence-electron chi connectivity index (χ3n) is 4.47. The van der Waals surface area contributed by atoms with Gasteiger partial charge >= 0.3 is 0 Å². The quantitative estimate of drug-likeness (QED) is 0.775. The van der Waals surface area contributed by atoms with Gasteiger partial charge in [-0.25, -0.2) is 0 Å². The molecule has 128 valence electrons. The predicted molar refractivity (Wildman–Crippen MR) is 97.7 cm³/mol. The number of fused-ring (bicyclic) bond motifs is 1. The van der Waals surface area contributed by atoms with Crippen molar-refractivity contribution in [2.75, 3.05) is 53.4 Å². The van der Waals surface area contributed by atoms with Gasteiger partial charge in [-0.05, 0) is 6.07 Å². The second-order valence-electron chi connectivity index (χ2n) is 6.41. The lowest BCUT2D eigenvalue weighted by Gasteiger charge is -2.34. The highest BCUT2D eigenvalue weighted by atomic mass is 32.1. The van der Waals surface area contributed by atoms with E-state index < -0.39 is 0 Å². The van der Waals surface area contributed by atoms with E-state index in [1.807, 2.05) is 23.6 Å². The molecule has 0 aliphatic carbocycles. The smallest absolute Gasteiger partial charge is 0.236 e. The lowest BCUT2D eigenvalue weighted by molar-refractivity contribution is -0.130.